The number of methoxy groups -OCH3 is 1. The number of hydrogen-bond donors (Lipinski definition) is 2. The summed E-state index contributed by atoms with van der Waals surface area (Å²) in [7, 11) is 1.56. The van der Waals surface area contributed by atoms with Crippen LogP contribution in [0, 0.1) is 6.92 Å². The minimum atomic E-state index is -0.743. The van der Waals surface area contributed by atoms with Gasteiger partial charge in [0.15, 0.2) is 0 Å². The third-order valence-electron chi connectivity index (χ3n) is 6.39. The monoisotopic (exact) mass is 466 g/mol. The van der Waals surface area contributed by atoms with Crippen molar-refractivity contribution in [1.29, 1.82) is 0 Å². The summed E-state index contributed by atoms with van der Waals surface area (Å²) in [5, 5.41) is 20.9. The van der Waals surface area contributed by atoms with Crippen LogP contribution in [0.15, 0.2) is 48.0 Å². The van der Waals surface area contributed by atoms with E-state index in [1.165, 1.54) is 17.0 Å². The molecule has 2 fully saturated rings. The number of aliphatic hydroxyl groups is 1. The summed E-state index contributed by atoms with van der Waals surface area (Å²) in [6.07, 6.45) is 0.684. The smallest absolute Gasteiger partial charge is 0.295 e. The van der Waals surface area contributed by atoms with Crippen LogP contribution in [0.25, 0.3) is 5.76 Å². The quantitative estimate of drug-likeness (QED) is 0.368. The number of likely N-dealkylation sites (tertiary alicyclic amines) is 1. The summed E-state index contributed by atoms with van der Waals surface area (Å²) < 4.78 is 10.7. The Balaban J connectivity index is 1.68. The zero-order valence-corrected chi connectivity index (χ0v) is 19.5. The molecule has 0 aliphatic carbocycles. The molecule has 8 nitrogen and oxygen atoms in total. The molecule has 1 atom stereocenters. The number of aryl methyl sites for hydroxylation is 1. The van der Waals surface area contributed by atoms with Gasteiger partial charge in [-0.05, 0) is 54.8 Å². The largest absolute Gasteiger partial charge is 0.508 e. The number of nitrogens with zero attached hydrogens (tertiary/aromatic N) is 2. The average Bonchev–Trinajstić information content (AvgIpc) is 3.09. The molecular weight excluding hydrogens is 436 g/mol. The van der Waals surface area contributed by atoms with Crippen molar-refractivity contribution >= 4 is 17.4 Å². The number of morpholine rings is 1. The number of phenols is 1. The first-order valence-electron chi connectivity index (χ1n) is 11.4. The minimum absolute atomic E-state index is 0.0478. The van der Waals surface area contributed by atoms with Crippen LogP contribution in [0.3, 0.4) is 0 Å². The number of ether oxygens (including phenoxy) is 2. The van der Waals surface area contributed by atoms with Gasteiger partial charge in [0.2, 0.25) is 0 Å². The Bertz CT molecular complexity index is 1090. The van der Waals surface area contributed by atoms with Gasteiger partial charge in [0, 0.05) is 31.7 Å². The van der Waals surface area contributed by atoms with E-state index in [0.717, 1.165) is 25.2 Å². The predicted octanol–water partition coefficient (Wildman–Crippen LogP) is 2.85. The first-order valence-corrected chi connectivity index (χ1v) is 11.4. The number of ketones is 1. The average molecular weight is 467 g/mol. The molecule has 2 N–H and O–H groups in total. The fourth-order valence-corrected chi connectivity index (χ4v) is 4.58. The SMILES string of the molecule is COc1ccc(C(O)=C2C(=O)C(=O)N(CCCN3CCOCC3)C2c2ccc(O)cc2)cc1C. The van der Waals surface area contributed by atoms with Crippen LogP contribution in [0.1, 0.15) is 29.2 Å². The van der Waals surface area contributed by atoms with Crippen molar-refractivity contribution in [2.75, 3.05) is 46.5 Å². The van der Waals surface area contributed by atoms with Gasteiger partial charge >= 0.3 is 0 Å². The molecule has 180 valence electrons. The van der Waals surface area contributed by atoms with Crippen molar-refractivity contribution in [2.24, 2.45) is 0 Å². The van der Waals surface area contributed by atoms with Crippen molar-refractivity contribution < 1.29 is 29.3 Å². The Morgan fingerprint density at radius 3 is 2.44 bits per heavy atom. The number of carbonyl (C=O) groups is 2. The van der Waals surface area contributed by atoms with Crippen LogP contribution >= 0.6 is 0 Å². The third-order valence-corrected chi connectivity index (χ3v) is 6.39. The second kappa shape index (κ2) is 10.3. The van der Waals surface area contributed by atoms with Crippen molar-refractivity contribution in [3.05, 3.63) is 64.7 Å². The highest BCUT2D eigenvalue weighted by Crippen LogP contribution is 2.40. The number of amides is 1. The minimum Gasteiger partial charge on any atom is -0.508 e. The summed E-state index contributed by atoms with van der Waals surface area (Å²) in [5.41, 5.74) is 1.93. The molecule has 0 spiro atoms. The van der Waals surface area contributed by atoms with Crippen LogP contribution in [0.2, 0.25) is 0 Å². The van der Waals surface area contributed by atoms with Gasteiger partial charge in [-0.25, -0.2) is 0 Å². The molecule has 2 aliphatic rings. The number of hydrogen-bond acceptors (Lipinski definition) is 7. The van der Waals surface area contributed by atoms with E-state index in [9.17, 15) is 19.8 Å². The Kier molecular flexibility index (Phi) is 7.19. The van der Waals surface area contributed by atoms with Crippen LogP contribution < -0.4 is 4.74 Å². The van der Waals surface area contributed by atoms with Gasteiger partial charge in [-0.15, -0.1) is 0 Å². The van der Waals surface area contributed by atoms with Crippen molar-refractivity contribution in [1.82, 2.24) is 9.80 Å². The Morgan fingerprint density at radius 2 is 1.79 bits per heavy atom. The van der Waals surface area contributed by atoms with Gasteiger partial charge in [-0.3, -0.25) is 14.5 Å². The second-order valence-electron chi connectivity index (χ2n) is 8.58. The van der Waals surface area contributed by atoms with E-state index in [4.69, 9.17) is 9.47 Å². The van der Waals surface area contributed by atoms with E-state index in [1.54, 1.807) is 37.4 Å². The molecule has 0 aromatic heterocycles. The highest BCUT2D eigenvalue weighted by molar-refractivity contribution is 6.46. The molecule has 2 aromatic carbocycles. The maximum atomic E-state index is 13.1. The van der Waals surface area contributed by atoms with E-state index in [1.807, 2.05) is 6.92 Å². The van der Waals surface area contributed by atoms with E-state index < -0.39 is 17.7 Å². The number of benzene rings is 2. The predicted molar refractivity (Wildman–Crippen MR) is 127 cm³/mol. The van der Waals surface area contributed by atoms with Crippen LogP contribution in [0.5, 0.6) is 11.5 Å². The van der Waals surface area contributed by atoms with E-state index in [0.29, 0.717) is 43.1 Å². The lowest BCUT2D eigenvalue weighted by atomic mass is 9.94. The lowest BCUT2D eigenvalue weighted by Crippen LogP contribution is -2.38. The second-order valence-corrected chi connectivity index (χ2v) is 8.58. The molecule has 2 saturated heterocycles. The van der Waals surface area contributed by atoms with E-state index >= 15 is 0 Å². The fraction of sp³-hybridized carbons (Fsp3) is 0.385. The summed E-state index contributed by atoms with van der Waals surface area (Å²) in [6.45, 7) is 6.07. The number of phenolic OH excluding ortho intramolecular Hbond substituents is 1. The molecule has 2 aromatic rings. The molecule has 0 bridgehead atoms. The molecule has 2 heterocycles. The van der Waals surface area contributed by atoms with Gasteiger partial charge in [0.1, 0.15) is 17.3 Å². The number of aliphatic hydroxyl groups excluding tert-OH is 1. The molecule has 8 heteroatoms. The van der Waals surface area contributed by atoms with E-state index in [-0.39, 0.29) is 17.1 Å². The van der Waals surface area contributed by atoms with Gasteiger partial charge in [0.25, 0.3) is 11.7 Å². The molecule has 0 saturated carbocycles. The molecule has 4 rings (SSSR count). The van der Waals surface area contributed by atoms with Crippen molar-refractivity contribution in [3.8, 4) is 11.5 Å². The molecule has 1 unspecified atom stereocenters. The Hall–Kier alpha value is -3.36. The van der Waals surface area contributed by atoms with Crippen molar-refractivity contribution in [2.45, 2.75) is 19.4 Å². The zero-order chi connectivity index (χ0) is 24.2. The summed E-state index contributed by atoms with van der Waals surface area (Å²) >= 11 is 0. The van der Waals surface area contributed by atoms with Crippen LogP contribution in [-0.4, -0.2) is 78.2 Å². The molecule has 34 heavy (non-hydrogen) atoms. The number of Topliss-reactive ketones (excluding diaryl/α,β-unsaturated/α-hetero) is 1. The highest BCUT2D eigenvalue weighted by atomic mass is 16.5. The van der Waals surface area contributed by atoms with Gasteiger partial charge in [-0.2, -0.15) is 0 Å². The standard InChI is InChI=1S/C26H30N2O6/c1-17-16-19(6-9-21(17)33-2)24(30)22-23(18-4-7-20(29)8-5-18)28(26(32)25(22)31)11-3-10-27-12-14-34-15-13-27/h4-9,16,23,29-30H,3,10-15H2,1-2H3. The lowest BCUT2D eigenvalue weighted by molar-refractivity contribution is -0.140. The summed E-state index contributed by atoms with van der Waals surface area (Å²) in [5.74, 6) is -0.825. The Labute approximate surface area is 199 Å². The van der Waals surface area contributed by atoms with Crippen molar-refractivity contribution in [3.63, 3.8) is 0 Å². The lowest BCUT2D eigenvalue weighted by Gasteiger charge is -2.29. The van der Waals surface area contributed by atoms with Crippen LogP contribution in [-0.2, 0) is 14.3 Å². The van der Waals surface area contributed by atoms with Gasteiger partial charge in [0.05, 0.1) is 31.9 Å². The number of carbonyl (C=O) groups excluding carboxylic acids is 2. The normalized spacial score (nSPS) is 20.6. The van der Waals surface area contributed by atoms with Crippen LogP contribution in [0.4, 0.5) is 0 Å². The molecular formula is C26H30N2O6. The zero-order valence-electron chi connectivity index (χ0n) is 19.5. The Morgan fingerprint density at radius 1 is 1.09 bits per heavy atom. The molecule has 1 amide bonds. The van der Waals surface area contributed by atoms with Gasteiger partial charge < -0.3 is 24.6 Å². The topological polar surface area (TPSA) is 99.5 Å². The molecule has 2 aliphatic heterocycles. The summed E-state index contributed by atoms with van der Waals surface area (Å²) in [4.78, 5) is 30.0. The van der Waals surface area contributed by atoms with Gasteiger partial charge in [-0.1, -0.05) is 12.1 Å². The number of aromatic hydroxyl groups is 1. The third kappa shape index (κ3) is 4.78. The summed E-state index contributed by atoms with van der Waals surface area (Å²) in [6, 6.07) is 10.8. The first kappa shape index (κ1) is 23.8. The molecule has 0 radical (unpaired) electrons. The number of rotatable bonds is 7. The highest BCUT2D eigenvalue weighted by Gasteiger charge is 2.45. The maximum Gasteiger partial charge on any atom is 0.295 e. The first-order chi connectivity index (χ1) is 16.4. The van der Waals surface area contributed by atoms with E-state index in [2.05, 4.69) is 4.90 Å². The fourth-order valence-electron chi connectivity index (χ4n) is 4.58. The maximum absolute atomic E-state index is 13.1.